The maximum absolute atomic E-state index is 12.4. The Balaban J connectivity index is 2.20. The lowest BCUT2D eigenvalue weighted by atomic mass is 9.96. The average molecular weight is 355 g/mol. The molecule has 0 fully saturated rings. The van der Waals surface area contributed by atoms with Gasteiger partial charge in [-0.2, -0.15) is 0 Å². The first-order chi connectivity index (χ1) is 11.0. The van der Waals surface area contributed by atoms with Gasteiger partial charge in [0.1, 0.15) is 6.61 Å². The Kier molecular flexibility index (Phi) is 6.38. The minimum atomic E-state index is -0.398. The molecule has 0 bridgehead atoms. The van der Waals surface area contributed by atoms with Gasteiger partial charge in [0.05, 0.1) is 18.2 Å². The van der Waals surface area contributed by atoms with Crippen LogP contribution in [-0.2, 0) is 14.3 Å². The molecular weight excluding hydrogens is 336 g/mol. The van der Waals surface area contributed by atoms with E-state index in [9.17, 15) is 4.79 Å². The van der Waals surface area contributed by atoms with Gasteiger partial charge >= 0.3 is 5.97 Å². The fourth-order valence-corrected chi connectivity index (χ4v) is 2.68. The van der Waals surface area contributed by atoms with Gasteiger partial charge in [-0.1, -0.05) is 23.7 Å². The molecule has 1 aliphatic rings. The second kappa shape index (κ2) is 8.29. The third kappa shape index (κ3) is 4.67. The van der Waals surface area contributed by atoms with Gasteiger partial charge in [0.2, 0.25) is 0 Å². The van der Waals surface area contributed by atoms with Crippen LogP contribution in [0.15, 0.2) is 35.5 Å². The van der Waals surface area contributed by atoms with E-state index in [4.69, 9.17) is 33.3 Å². The third-order valence-corrected chi connectivity index (χ3v) is 3.83. The molecule has 0 amide bonds. The van der Waals surface area contributed by atoms with E-state index in [0.717, 1.165) is 5.56 Å². The Labute approximate surface area is 146 Å². The minimum Gasteiger partial charge on any atom is -0.460 e. The van der Waals surface area contributed by atoms with E-state index in [2.05, 4.69) is 10.6 Å². The van der Waals surface area contributed by atoms with Crippen LogP contribution in [0.5, 0.6) is 0 Å². The second-order valence-corrected chi connectivity index (χ2v) is 5.80. The molecule has 1 atom stereocenters. The van der Waals surface area contributed by atoms with Crippen LogP contribution in [0.3, 0.4) is 0 Å². The van der Waals surface area contributed by atoms with Crippen LogP contribution in [0.2, 0.25) is 5.02 Å². The number of esters is 1. The highest BCUT2D eigenvalue weighted by atomic mass is 35.5. The van der Waals surface area contributed by atoms with Crippen molar-refractivity contribution in [1.29, 1.82) is 0 Å². The lowest BCUT2D eigenvalue weighted by Crippen LogP contribution is -2.45. The van der Waals surface area contributed by atoms with Crippen LogP contribution in [0, 0.1) is 0 Å². The molecule has 5 nitrogen and oxygen atoms in total. The summed E-state index contributed by atoms with van der Waals surface area (Å²) in [5.41, 5.74) is 2.06. The molecule has 2 rings (SSSR count). The minimum absolute atomic E-state index is 0.210. The largest absolute Gasteiger partial charge is 0.460 e. The van der Waals surface area contributed by atoms with Gasteiger partial charge in [0, 0.05) is 17.3 Å². The standard InChI is InChI=1S/C16H19ClN2O3S/c1-3-21-8-9-22-15(20)13-10(2)18-16(23)19-14(13)11-4-6-12(17)7-5-11/h4-7,14H,3,8-9H2,1-2H3,(H2,18,19,23). The van der Waals surface area contributed by atoms with E-state index in [1.54, 1.807) is 19.1 Å². The van der Waals surface area contributed by atoms with Crippen LogP contribution in [0.1, 0.15) is 25.5 Å². The Morgan fingerprint density at radius 1 is 1.30 bits per heavy atom. The molecule has 0 saturated carbocycles. The van der Waals surface area contributed by atoms with E-state index in [1.807, 2.05) is 19.1 Å². The Bertz CT molecular complexity index is 616. The maximum Gasteiger partial charge on any atom is 0.338 e. The topological polar surface area (TPSA) is 59.6 Å². The van der Waals surface area contributed by atoms with Gasteiger partial charge in [0.15, 0.2) is 5.11 Å². The molecule has 0 aromatic heterocycles. The first kappa shape index (κ1) is 17.7. The summed E-state index contributed by atoms with van der Waals surface area (Å²) in [6.45, 7) is 4.86. The second-order valence-electron chi connectivity index (χ2n) is 4.95. The summed E-state index contributed by atoms with van der Waals surface area (Å²) in [6, 6.07) is 6.89. The number of benzene rings is 1. The number of rotatable bonds is 6. The van der Waals surface area contributed by atoms with E-state index in [0.29, 0.717) is 34.6 Å². The van der Waals surface area contributed by atoms with Crippen molar-refractivity contribution in [2.45, 2.75) is 19.9 Å². The summed E-state index contributed by atoms with van der Waals surface area (Å²) < 4.78 is 10.5. The lowest BCUT2D eigenvalue weighted by Gasteiger charge is -2.29. The normalized spacial score (nSPS) is 17.5. The molecule has 0 aliphatic carbocycles. The Morgan fingerprint density at radius 2 is 2.00 bits per heavy atom. The van der Waals surface area contributed by atoms with Gasteiger partial charge < -0.3 is 20.1 Å². The van der Waals surface area contributed by atoms with Crippen molar-refractivity contribution < 1.29 is 14.3 Å². The zero-order chi connectivity index (χ0) is 16.8. The van der Waals surface area contributed by atoms with Gasteiger partial charge in [-0.05, 0) is 43.8 Å². The number of nitrogens with one attached hydrogen (secondary N) is 2. The quantitative estimate of drug-likeness (QED) is 0.465. The summed E-state index contributed by atoms with van der Waals surface area (Å²) in [5, 5.41) is 7.16. The van der Waals surface area contributed by atoms with Crippen molar-refractivity contribution in [3.8, 4) is 0 Å². The molecule has 1 aromatic rings. The van der Waals surface area contributed by atoms with Gasteiger partial charge in [0.25, 0.3) is 0 Å². The van der Waals surface area contributed by atoms with Crippen molar-refractivity contribution in [1.82, 2.24) is 10.6 Å². The molecule has 23 heavy (non-hydrogen) atoms. The number of allylic oxidation sites excluding steroid dienone is 1. The molecular formula is C16H19ClN2O3S. The zero-order valence-electron chi connectivity index (χ0n) is 13.0. The lowest BCUT2D eigenvalue weighted by molar-refractivity contribution is -0.141. The highest BCUT2D eigenvalue weighted by Gasteiger charge is 2.30. The van der Waals surface area contributed by atoms with Crippen LogP contribution < -0.4 is 10.6 Å². The fraction of sp³-hybridized carbons (Fsp3) is 0.375. The van der Waals surface area contributed by atoms with E-state index in [1.165, 1.54) is 0 Å². The predicted octanol–water partition coefficient (Wildman–Crippen LogP) is 2.71. The molecule has 0 spiro atoms. The average Bonchev–Trinajstić information content (AvgIpc) is 2.51. The molecule has 124 valence electrons. The van der Waals surface area contributed by atoms with Gasteiger partial charge in [-0.25, -0.2) is 4.79 Å². The number of ether oxygens (including phenoxy) is 2. The number of carbonyl (C=O) groups is 1. The summed E-state index contributed by atoms with van der Waals surface area (Å²) in [6.07, 6.45) is 0. The Hall–Kier alpha value is -1.63. The maximum atomic E-state index is 12.4. The first-order valence-corrected chi connectivity index (χ1v) is 8.10. The van der Waals surface area contributed by atoms with Gasteiger partial charge in [-0.15, -0.1) is 0 Å². The van der Waals surface area contributed by atoms with Crippen LogP contribution >= 0.6 is 23.8 Å². The van der Waals surface area contributed by atoms with Crippen molar-refractivity contribution in [3.63, 3.8) is 0 Å². The predicted molar refractivity (Wildman–Crippen MR) is 93.2 cm³/mol. The SMILES string of the molecule is CCOCCOC(=O)C1=C(C)NC(=S)NC1c1ccc(Cl)cc1. The van der Waals surface area contributed by atoms with Crippen LogP contribution in [-0.4, -0.2) is 30.9 Å². The van der Waals surface area contributed by atoms with Crippen molar-refractivity contribution in [2.24, 2.45) is 0 Å². The molecule has 0 saturated heterocycles. The monoisotopic (exact) mass is 354 g/mol. The molecule has 1 aliphatic heterocycles. The van der Waals surface area contributed by atoms with Crippen molar-refractivity contribution in [2.75, 3.05) is 19.8 Å². The Morgan fingerprint density at radius 3 is 2.65 bits per heavy atom. The zero-order valence-corrected chi connectivity index (χ0v) is 14.6. The number of halogens is 1. The van der Waals surface area contributed by atoms with E-state index < -0.39 is 5.97 Å². The summed E-state index contributed by atoms with van der Waals surface area (Å²) in [4.78, 5) is 12.4. The summed E-state index contributed by atoms with van der Waals surface area (Å²) in [5.74, 6) is -0.398. The van der Waals surface area contributed by atoms with Crippen molar-refractivity contribution in [3.05, 3.63) is 46.1 Å². The van der Waals surface area contributed by atoms with E-state index >= 15 is 0 Å². The molecule has 7 heteroatoms. The van der Waals surface area contributed by atoms with Gasteiger partial charge in [-0.3, -0.25) is 0 Å². The first-order valence-electron chi connectivity index (χ1n) is 7.31. The molecule has 1 heterocycles. The fourth-order valence-electron chi connectivity index (χ4n) is 2.29. The molecule has 2 N–H and O–H groups in total. The summed E-state index contributed by atoms with van der Waals surface area (Å²) >= 11 is 11.1. The molecule has 1 unspecified atom stereocenters. The highest BCUT2D eigenvalue weighted by molar-refractivity contribution is 7.80. The number of carbonyl (C=O) groups excluding carboxylic acids is 1. The van der Waals surface area contributed by atoms with Crippen molar-refractivity contribution >= 4 is 34.9 Å². The number of hydrogen-bond acceptors (Lipinski definition) is 4. The highest BCUT2D eigenvalue weighted by Crippen LogP contribution is 2.28. The smallest absolute Gasteiger partial charge is 0.338 e. The third-order valence-electron chi connectivity index (χ3n) is 3.36. The summed E-state index contributed by atoms with van der Waals surface area (Å²) in [7, 11) is 0. The molecule has 1 aromatic carbocycles. The van der Waals surface area contributed by atoms with Crippen LogP contribution in [0.4, 0.5) is 0 Å². The van der Waals surface area contributed by atoms with Crippen LogP contribution in [0.25, 0.3) is 0 Å². The number of thiocarbonyl (C=S) groups is 1. The van der Waals surface area contributed by atoms with E-state index in [-0.39, 0.29) is 12.6 Å². The molecule has 0 radical (unpaired) electrons. The number of hydrogen-bond donors (Lipinski definition) is 2.